The van der Waals surface area contributed by atoms with Crippen LogP contribution in [-0.2, 0) is 16.1 Å². The highest BCUT2D eigenvalue weighted by atomic mass is 16.5. The fourth-order valence-electron chi connectivity index (χ4n) is 2.51. The molecular weight excluding hydrogens is 340 g/mol. The lowest BCUT2D eigenvalue weighted by molar-refractivity contribution is 0.0459. The number of hydrogen-bond acceptors (Lipinski definition) is 9. The first-order valence-electron chi connectivity index (χ1n) is 8.12. The number of aromatic nitrogens is 3. The predicted molar refractivity (Wildman–Crippen MR) is 88.4 cm³/mol. The Kier molecular flexibility index (Phi) is 4.61. The van der Waals surface area contributed by atoms with E-state index in [4.69, 9.17) is 18.4 Å². The molecule has 1 fully saturated rings. The molecule has 4 rings (SSSR count). The van der Waals surface area contributed by atoms with Crippen LogP contribution in [0.4, 0.5) is 5.82 Å². The summed E-state index contributed by atoms with van der Waals surface area (Å²) in [5.74, 6) is 1.25. The van der Waals surface area contributed by atoms with Gasteiger partial charge in [-0.15, -0.1) is 0 Å². The second-order valence-corrected chi connectivity index (χ2v) is 5.57. The number of esters is 1. The molecule has 3 aromatic heterocycles. The number of carbonyl (C=O) groups is 1. The van der Waals surface area contributed by atoms with Crippen molar-refractivity contribution in [3.05, 3.63) is 48.1 Å². The first kappa shape index (κ1) is 16.3. The monoisotopic (exact) mass is 356 g/mol. The maximum atomic E-state index is 12.1. The maximum Gasteiger partial charge on any atom is 0.340 e. The second kappa shape index (κ2) is 7.36. The lowest BCUT2D eigenvalue weighted by Gasteiger charge is -2.27. The molecule has 3 aromatic rings. The smallest absolute Gasteiger partial charge is 0.340 e. The van der Waals surface area contributed by atoms with Crippen molar-refractivity contribution in [1.29, 1.82) is 0 Å². The van der Waals surface area contributed by atoms with Crippen molar-refractivity contribution in [3.63, 3.8) is 0 Å². The van der Waals surface area contributed by atoms with Crippen LogP contribution in [0.25, 0.3) is 11.7 Å². The van der Waals surface area contributed by atoms with Gasteiger partial charge in [0.15, 0.2) is 12.4 Å². The highest BCUT2D eigenvalue weighted by Gasteiger charge is 2.16. The summed E-state index contributed by atoms with van der Waals surface area (Å²) in [6.45, 7) is 2.82. The number of carbonyl (C=O) groups excluding carboxylic acids is 1. The molecule has 0 radical (unpaired) electrons. The van der Waals surface area contributed by atoms with Crippen molar-refractivity contribution in [2.75, 3.05) is 31.2 Å². The number of hydrogen-bond donors (Lipinski definition) is 0. The van der Waals surface area contributed by atoms with E-state index in [-0.39, 0.29) is 18.3 Å². The van der Waals surface area contributed by atoms with Crippen molar-refractivity contribution < 1.29 is 23.2 Å². The quantitative estimate of drug-likeness (QED) is 0.634. The Bertz CT molecular complexity index is 854. The molecule has 26 heavy (non-hydrogen) atoms. The Morgan fingerprint density at radius 2 is 2.12 bits per heavy atom. The zero-order valence-corrected chi connectivity index (χ0v) is 13.8. The Morgan fingerprint density at radius 1 is 1.23 bits per heavy atom. The minimum atomic E-state index is -0.504. The van der Waals surface area contributed by atoms with Crippen LogP contribution < -0.4 is 4.90 Å². The fourth-order valence-corrected chi connectivity index (χ4v) is 2.51. The Balaban J connectivity index is 1.34. The number of pyridine rings is 1. The molecular formula is C17H16N4O5. The molecule has 0 N–H and O–H groups in total. The zero-order chi connectivity index (χ0) is 17.8. The standard InChI is InChI=1S/C17H16N4O5/c22-17(12-3-4-15(18-10-12)21-5-8-23-9-6-21)25-11-14-19-16(26-20-14)13-2-1-7-24-13/h1-4,7,10H,5-6,8-9,11H2. The van der Waals surface area contributed by atoms with Gasteiger partial charge in [0.05, 0.1) is 25.0 Å². The van der Waals surface area contributed by atoms with Gasteiger partial charge in [-0.1, -0.05) is 5.16 Å². The van der Waals surface area contributed by atoms with Crippen molar-refractivity contribution in [2.45, 2.75) is 6.61 Å². The molecule has 9 nitrogen and oxygen atoms in total. The van der Waals surface area contributed by atoms with E-state index in [1.54, 1.807) is 24.3 Å². The summed E-state index contributed by atoms with van der Waals surface area (Å²) in [6, 6.07) is 6.90. The molecule has 0 saturated carbocycles. The van der Waals surface area contributed by atoms with E-state index in [1.165, 1.54) is 12.5 Å². The van der Waals surface area contributed by atoms with Gasteiger partial charge in [-0.05, 0) is 24.3 Å². The lowest BCUT2D eigenvalue weighted by Crippen LogP contribution is -2.36. The van der Waals surface area contributed by atoms with Gasteiger partial charge in [0.2, 0.25) is 5.82 Å². The van der Waals surface area contributed by atoms with E-state index in [0.29, 0.717) is 24.5 Å². The van der Waals surface area contributed by atoms with Crippen LogP contribution in [0.1, 0.15) is 16.2 Å². The van der Waals surface area contributed by atoms with E-state index in [9.17, 15) is 4.79 Å². The van der Waals surface area contributed by atoms with Crippen LogP contribution in [0.15, 0.2) is 45.7 Å². The summed E-state index contributed by atoms with van der Waals surface area (Å²) in [5, 5.41) is 3.76. The van der Waals surface area contributed by atoms with Gasteiger partial charge in [0, 0.05) is 19.3 Å². The SMILES string of the molecule is O=C(OCc1noc(-c2ccco2)n1)c1ccc(N2CCOCC2)nc1. The van der Waals surface area contributed by atoms with Crippen LogP contribution in [0, 0.1) is 0 Å². The van der Waals surface area contributed by atoms with Gasteiger partial charge >= 0.3 is 5.97 Å². The second-order valence-electron chi connectivity index (χ2n) is 5.57. The van der Waals surface area contributed by atoms with Crippen LogP contribution >= 0.6 is 0 Å². The molecule has 0 aliphatic carbocycles. The molecule has 0 bridgehead atoms. The molecule has 0 atom stereocenters. The summed E-state index contributed by atoms with van der Waals surface area (Å²) in [5.41, 5.74) is 0.358. The minimum absolute atomic E-state index is 0.103. The van der Waals surface area contributed by atoms with Gasteiger partial charge in [-0.3, -0.25) is 0 Å². The minimum Gasteiger partial charge on any atom is -0.459 e. The van der Waals surface area contributed by atoms with E-state index >= 15 is 0 Å². The highest BCUT2D eigenvalue weighted by molar-refractivity contribution is 5.89. The molecule has 0 unspecified atom stereocenters. The summed E-state index contributed by atoms with van der Waals surface area (Å²) in [6.07, 6.45) is 3.00. The van der Waals surface area contributed by atoms with Crippen molar-refractivity contribution in [1.82, 2.24) is 15.1 Å². The largest absolute Gasteiger partial charge is 0.459 e. The number of rotatable bonds is 5. The van der Waals surface area contributed by atoms with E-state index in [1.807, 2.05) is 0 Å². The molecule has 1 aliphatic rings. The van der Waals surface area contributed by atoms with Gasteiger partial charge < -0.3 is 23.3 Å². The number of nitrogens with zero attached hydrogens (tertiary/aromatic N) is 4. The number of ether oxygens (including phenoxy) is 2. The maximum absolute atomic E-state index is 12.1. The summed E-state index contributed by atoms with van der Waals surface area (Å²) >= 11 is 0. The first-order chi connectivity index (χ1) is 12.8. The topological polar surface area (TPSA) is 104 Å². The number of furan rings is 1. The summed E-state index contributed by atoms with van der Waals surface area (Å²) in [7, 11) is 0. The highest BCUT2D eigenvalue weighted by Crippen LogP contribution is 2.18. The third-order valence-electron chi connectivity index (χ3n) is 3.85. The third-order valence-corrected chi connectivity index (χ3v) is 3.85. The van der Waals surface area contributed by atoms with Gasteiger partial charge in [0.25, 0.3) is 5.89 Å². The Labute approximate surface area is 148 Å². The van der Waals surface area contributed by atoms with Crippen LogP contribution in [0.5, 0.6) is 0 Å². The van der Waals surface area contributed by atoms with E-state index in [0.717, 1.165) is 18.9 Å². The number of morpholine rings is 1. The molecule has 0 spiro atoms. The van der Waals surface area contributed by atoms with Gasteiger partial charge in [-0.25, -0.2) is 9.78 Å². The van der Waals surface area contributed by atoms with Gasteiger partial charge in [0.1, 0.15) is 5.82 Å². The zero-order valence-electron chi connectivity index (χ0n) is 13.8. The van der Waals surface area contributed by atoms with Crippen molar-refractivity contribution >= 4 is 11.8 Å². The third kappa shape index (κ3) is 3.57. The normalized spacial score (nSPS) is 14.4. The van der Waals surface area contributed by atoms with Gasteiger partial charge in [-0.2, -0.15) is 4.98 Å². The predicted octanol–water partition coefficient (Wildman–Crippen LogP) is 1.92. The molecule has 1 aliphatic heterocycles. The first-order valence-corrected chi connectivity index (χ1v) is 8.12. The fraction of sp³-hybridized carbons (Fsp3) is 0.294. The molecule has 9 heteroatoms. The average Bonchev–Trinajstić information content (AvgIpc) is 3.38. The summed E-state index contributed by atoms with van der Waals surface area (Å²) in [4.78, 5) is 22.7. The van der Waals surface area contributed by atoms with Crippen molar-refractivity contribution in [2.24, 2.45) is 0 Å². The Hall–Kier alpha value is -3.20. The average molecular weight is 356 g/mol. The van der Waals surface area contributed by atoms with Crippen LogP contribution in [-0.4, -0.2) is 47.4 Å². The van der Waals surface area contributed by atoms with Crippen molar-refractivity contribution in [3.8, 4) is 11.7 Å². The molecule has 4 heterocycles. The summed E-state index contributed by atoms with van der Waals surface area (Å²) < 4.78 is 20.7. The number of anilines is 1. The van der Waals surface area contributed by atoms with E-state index in [2.05, 4.69) is 20.0 Å². The van der Waals surface area contributed by atoms with Crippen LogP contribution in [0.2, 0.25) is 0 Å². The van der Waals surface area contributed by atoms with E-state index < -0.39 is 5.97 Å². The molecule has 1 saturated heterocycles. The van der Waals surface area contributed by atoms with Crippen LogP contribution in [0.3, 0.4) is 0 Å². The lowest BCUT2D eigenvalue weighted by atomic mass is 10.2. The Morgan fingerprint density at radius 3 is 2.85 bits per heavy atom. The molecule has 0 amide bonds. The molecule has 134 valence electrons. The molecule has 0 aromatic carbocycles.